The molecule has 162 valence electrons. The highest BCUT2D eigenvalue weighted by molar-refractivity contribution is 5.76. The van der Waals surface area contributed by atoms with E-state index in [2.05, 4.69) is 10.3 Å². The highest BCUT2D eigenvalue weighted by Gasteiger charge is 2.18. The van der Waals surface area contributed by atoms with Crippen molar-refractivity contribution in [2.45, 2.75) is 26.4 Å². The van der Waals surface area contributed by atoms with Crippen LogP contribution in [0.3, 0.4) is 0 Å². The third kappa shape index (κ3) is 5.18. The molecule has 2 N–H and O–H groups in total. The maximum atomic E-state index is 13.8. The van der Waals surface area contributed by atoms with Crippen LogP contribution in [0, 0.1) is 24.4 Å². The molecule has 1 heterocycles. The number of amides is 1. The Hall–Kier alpha value is -3.46. The summed E-state index contributed by atoms with van der Waals surface area (Å²) in [5.41, 5.74) is 0.441. The van der Waals surface area contributed by atoms with Gasteiger partial charge >= 0.3 is 0 Å². The van der Waals surface area contributed by atoms with Crippen molar-refractivity contribution in [2.75, 3.05) is 6.61 Å². The molecule has 0 unspecified atom stereocenters. The molecule has 2 aromatic carbocycles. The Morgan fingerprint density at radius 2 is 1.87 bits per heavy atom. The van der Waals surface area contributed by atoms with Gasteiger partial charge < -0.3 is 10.4 Å². The molecular formula is C22H20F3N3O3. The first-order valence-electron chi connectivity index (χ1n) is 9.48. The van der Waals surface area contributed by atoms with Crippen LogP contribution in [-0.4, -0.2) is 27.2 Å². The van der Waals surface area contributed by atoms with Gasteiger partial charge in [0.25, 0.3) is 5.56 Å². The number of rotatable bonds is 7. The summed E-state index contributed by atoms with van der Waals surface area (Å²) in [6.45, 7) is 0.640. The second kappa shape index (κ2) is 9.57. The first kappa shape index (κ1) is 22.2. The fourth-order valence-electron chi connectivity index (χ4n) is 3.15. The topological polar surface area (TPSA) is 84.2 Å². The monoisotopic (exact) mass is 431 g/mol. The Labute approximate surface area is 176 Å². The van der Waals surface area contributed by atoms with Gasteiger partial charge in [-0.15, -0.1) is 0 Å². The van der Waals surface area contributed by atoms with Gasteiger partial charge in [0.15, 0.2) is 0 Å². The number of aliphatic hydroxyl groups excluding tert-OH is 1. The molecule has 1 aromatic heterocycles. The zero-order chi connectivity index (χ0) is 22.5. The number of aromatic nitrogens is 2. The molecule has 9 heteroatoms. The number of nitrogens with zero attached hydrogens (tertiary/aromatic N) is 2. The molecule has 0 aliphatic rings. The molecule has 0 spiro atoms. The fourth-order valence-corrected chi connectivity index (χ4v) is 3.15. The predicted molar refractivity (Wildman–Crippen MR) is 108 cm³/mol. The zero-order valence-corrected chi connectivity index (χ0v) is 16.7. The maximum Gasteiger partial charge on any atom is 0.257 e. The minimum atomic E-state index is -0.805. The van der Waals surface area contributed by atoms with Gasteiger partial charge in [-0.05, 0) is 25.1 Å². The van der Waals surface area contributed by atoms with Gasteiger partial charge in [0.05, 0.1) is 0 Å². The van der Waals surface area contributed by atoms with Crippen molar-refractivity contribution in [1.29, 1.82) is 0 Å². The number of hydrogen-bond donors (Lipinski definition) is 2. The summed E-state index contributed by atoms with van der Waals surface area (Å²) in [6, 6.07) is 8.43. The van der Waals surface area contributed by atoms with E-state index in [1.807, 2.05) is 0 Å². The van der Waals surface area contributed by atoms with E-state index in [1.54, 1.807) is 13.0 Å². The van der Waals surface area contributed by atoms with E-state index in [0.717, 1.165) is 10.6 Å². The fraction of sp³-hybridized carbons (Fsp3) is 0.227. The van der Waals surface area contributed by atoms with Gasteiger partial charge in [-0.3, -0.25) is 14.2 Å². The number of benzene rings is 2. The lowest BCUT2D eigenvalue weighted by molar-refractivity contribution is -0.121. The van der Waals surface area contributed by atoms with Crippen LogP contribution >= 0.6 is 0 Å². The summed E-state index contributed by atoms with van der Waals surface area (Å²) >= 11 is 0. The second-order valence-corrected chi connectivity index (χ2v) is 6.89. The van der Waals surface area contributed by atoms with Crippen LogP contribution in [-0.2, 0) is 24.3 Å². The third-order valence-electron chi connectivity index (χ3n) is 4.71. The number of carbonyl (C=O) groups excluding carboxylic acids is 1. The number of carbonyl (C=O) groups is 1. The summed E-state index contributed by atoms with van der Waals surface area (Å²) in [5, 5.41) is 11.7. The lowest BCUT2D eigenvalue weighted by Gasteiger charge is -2.16. The lowest BCUT2D eigenvalue weighted by Crippen LogP contribution is -2.35. The maximum absolute atomic E-state index is 13.8. The molecule has 0 aliphatic heterocycles. The van der Waals surface area contributed by atoms with E-state index >= 15 is 0 Å². The standard InChI is InChI=1S/C22H20F3N3O3/c1-13-18(7-8-29)22(31)28(21(27-13)14-3-2-4-16(23)9-14)12-20(30)26-11-15-5-6-17(24)10-19(15)25/h2-6,9-10,29H,7-8,11-12H2,1H3,(H,26,30). The van der Waals surface area contributed by atoms with Crippen molar-refractivity contribution in [1.82, 2.24) is 14.9 Å². The number of hydrogen-bond acceptors (Lipinski definition) is 4. The summed E-state index contributed by atoms with van der Waals surface area (Å²) in [4.78, 5) is 29.9. The molecular weight excluding hydrogens is 411 g/mol. The first-order chi connectivity index (χ1) is 14.8. The van der Waals surface area contributed by atoms with Crippen molar-refractivity contribution >= 4 is 5.91 Å². The molecule has 0 aliphatic carbocycles. The Balaban J connectivity index is 1.93. The van der Waals surface area contributed by atoms with E-state index in [4.69, 9.17) is 0 Å². The van der Waals surface area contributed by atoms with E-state index in [1.165, 1.54) is 24.3 Å². The Kier molecular flexibility index (Phi) is 6.86. The Bertz CT molecular complexity index is 1180. The van der Waals surface area contributed by atoms with Gasteiger partial charge in [0, 0.05) is 48.0 Å². The van der Waals surface area contributed by atoms with E-state index in [9.17, 15) is 27.9 Å². The van der Waals surface area contributed by atoms with Gasteiger partial charge in [-0.1, -0.05) is 18.2 Å². The van der Waals surface area contributed by atoms with Crippen LogP contribution in [0.4, 0.5) is 13.2 Å². The van der Waals surface area contributed by atoms with Crippen molar-refractivity contribution in [3.8, 4) is 11.4 Å². The van der Waals surface area contributed by atoms with Crippen molar-refractivity contribution in [2.24, 2.45) is 0 Å². The third-order valence-corrected chi connectivity index (χ3v) is 4.71. The average molecular weight is 431 g/mol. The quantitative estimate of drug-likeness (QED) is 0.602. The Morgan fingerprint density at radius 3 is 2.55 bits per heavy atom. The minimum Gasteiger partial charge on any atom is -0.396 e. The zero-order valence-electron chi connectivity index (χ0n) is 16.7. The van der Waals surface area contributed by atoms with Gasteiger partial charge in [0.1, 0.15) is 29.8 Å². The summed E-state index contributed by atoms with van der Waals surface area (Å²) in [6.07, 6.45) is 0.0451. The minimum absolute atomic E-state index is 0.0451. The van der Waals surface area contributed by atoms with Gasteiger partial charge in [0.2, 0.25) is 5.91 Å². The van der Waals surface area contributed by atoms with Crippen LogP contribution < -0.4 is 10.9 Å². The van der Waals surface area contributed by atoms with Gasteiger partial charge in [-0.2, -0.15) is 0 Å². The van der Waals surface area contributed by atoms with Gasteiger partial charge in [-0.25, -0.2) is 18.2 Å². The summed E-state index contributed by atoms with van der Waals surface area (Å²) in [7, 11) is 0. The highest BCUT2D eigenvalue weighted by Crippen LogP contribution is 2.19. The molecule has 31 heavy (non-hydrogen) atoms. The molecule has 0 bridgehead atoms. The largest absolute Gasteiger partial charge is 0.396 e. The van der Waals surface area contributed by atoms with Crippen molar-refractivity contribution in [3.63, 3.8) is 0 Å². The second-order valence-electron chi connectivity index (χ2n) is 6.89. The summed E-state index contributed by atoms with van der Waals surface area (Å²) < 4.78 is 41.6. The van der Waals surface area contributed by atoms with E-state index < -0.39 is 35.5 Å². The predicted octanol–water partition coefficient (Wildman–Crippen LogP) is 2.49. The molecule has 6 nitrogen and oxygen atoms in total. The van der Waals surface area contributed by atoms with E-state index in [0.29, 0.717) is 17.3 Å². The molecule has 0 atom stereocenters. The molecule has 3 aromatic rings. The van der Waals surface area contributed by atoms with Crippen LogP contribution in [0.15, 0.2) is 47.3 Å². The molecule has 1 amide bonds. The molecule has 0 saturated carbocycles. The Morgan fingerprint density at radius 1 is 1.13 bits per heavy atom. The number of nitrogens with one attached hydrogen (secondary N) is 1. The van der Waals surface area contributed by atoms with Crippen LogP contribution in [0.2, 0.25) is 0 Å². The van der Waals surface area contributed by atoms with E-state index in [-0.39, 0.29) is 36.5 Å². The molecule has 3 rings (SSSR count). The van der Waals surface area contributed by atoms with Crippen LogP contribution in [0.25, 0.3) is 11.4 Å². The smallest absolute Gasteiger partial charge is 0.257 e. The average Bonchev–Trinajstić information content (AvgIpc) is 2.72. The van der Waals surface area contributed by atoms with Crippen molar-refractivity contribution < 1.29 is 23.1 Å². The normalized spacial score (nSPS) is 10.9. The van der Waals surface area contributed by atoms with Crippen LogP contribution in [0.5, 0.6) is 0 Å². The number of aliphatic hydroxyl groups is 1. The molecule has 0 fully saturated rings. The number of halogens is 3. The van der Waals surface area contributed by atoms with Crippen LogP contribution in [0.1, 0.15) is 16.8 Å². The summed E-state index contributed by atoms with van der Waals surface area (Å²) in [5.74, 6) is -2.61. The SMILES string of the molecule is Cc1nc(-c2cccc(F)c2)n(CC(=O)NCc2ccc(F)cc2F)c(=O)c1CCO. The highest BCUT2D eigenvalue weighted by atomic mass is 19.1. The molecule has 0 saturated heterocycles. The molecule has 0 radical (unpaired) electrons. The first-order valence-corrected chi connectivity index (χ1v) is 9.48. The van der Waals surface area contributed by atoms with Crippen molar-refractivity contribution in [3.05, 3.63) is 87.1 Å². The lowest BCUT2D eigenvalue weighted by atomic mass is 10.1. The number of aryl methyl sites for hydroxylation is 1.